The van der Waals surface area contributed by atoms with Gasteiger partial charge in [-0.15, -0.1) is 0 Å². The number of anilines is 1. The maximum absolute atomic E-state index is 12.1. The first kappa shape index (κ1) is 19.9. The van der Waals surface area contributed by atoms with Gasteiger partial charge in [-0.3, -0.25) is 9.59 Å². The molecule has 0 saturated heterocycles. The van der Waals surface area contributed by atoms with Crippen molar-refractivity contribution in [2.45, 2.75) is 19.8 Å². The van der Waals surface area contributed by atoms with Crippen LogP contribution in [-0.2, 0) is 9.53 Å². The van der Waals surface area contributed by atoms with E-state index in [1.54, 1.807) is 24.3 Å². The summed E-state index contributed by atoms with van der Waals surface area (Å²) >= 11 is 11.6. The van der Waals surface area contributed by atoms with Crippen LogP contribution >= 0.6 is 23.2 Å². The number of ether oxygens (including phenoxy) is 1. The molecule has 136 valence electrons. The minimum absolute atomic E-state index is 0.0814. The average Bonchev–Trinajstić information content (AvgIpc) is 2.62. The number of ketones is 1. The normalized spacial score (nSPS) is 10.3. The number of amides is 1. The fourth-order valence-corrected chi connectivity index (χ4v) is 2.41. The maximum atomic E-state index is 12.1. The lowest BCUT2D eigenvalue weighted by atomic mass is 10.1. The fraction of sp³-hybridized carbons (Fsp3) is 0.211. The van der Waals surface area contributed by atoms with Crippen molar-refractivity contribution >= 4 is 46.5 Å². The Hall–Kier alpha value is -2.37. The Morgan fingerprint density at radius 1 is 0.962 bits per heavy atom. The van der Waals surface area contributed by atoms with Crippen molar-refractivity contribution in [3.8, 4) is 0 Å². The molecule has 0 aliphatic rings. The van der Waals surface area contributed by atoms with Crippen LogP contribution in [0.4, 0.5) is 5.69 Å². The van der Waals surface area contributed by atoms with Crippen molar-refractivity contribution in [3.63, 3.8) is 0 Å². The van der Waals surface area contributed by atoms with Gasteiger partial charge in [0.15, 0.2) is 12.4 Å². The van der Waals surface area contributed by atoms with E-state index in [0.717, 1.165) is 6.42 Å². The molecule has 0 saturated carbocycles. The molecule has 1 N–H and O–H groups in total. The summed E-state index contributed by atoms with van der Waals surface area (Å²) in [6, 6.07) is 10.7. The van der Waals surface area contributed by atoms with Gasteiger partial charge in [0.25, 0.3) is 0 Å². The summed E-state index contributed by atoms with van der Waals surface area (Å²) < 4.78 is 5.01. The molecule has 0 bridgehead atoms. The Morgan fingerprint density at radius 2 is 1.62 bits per heavy atom. The molecule has 0 fully saturated rings. The number of rotatable bonds is 7. The predicted octanol–water partition coefficient (Wildman–Crippen LogP) is 4.77. The summed E-state index contributed by atoms with van der Waals surface area (Å²) in [6.45, 7) is 1.52. The zero-order valence-electron chi connectivity index (χ0n) is 14.1. The third-order valence-electron chi connectivity index (χ3n) is 3.46. The van der Waals surface area contributed by atoms with Gasteiger partial charge in [-0.05, 0) is 48.9 Å². The van der Waals surface area contributed by atoms with E-state index in [1.165, 1.54) is 18.2 Å². The number of Topliss-reactive ketones (excluding diaryl/α,β-unsaturated/α-hetero) is 1. The van der Waals surface area contributed by atoms with Gasteiger partial charge in [-0.1, -0.05) is 30.1 Å². The van der Waals surface area contributed by atoms with E-state index in [9.17, 15) is 14.4 Å². The Labute approximate surface area is 161 Å². The lowest BCUT2D eigenvalue weighted by Crippen LogP contribution is -2.14. The molecule has 0 aromatic heterocycles. The molecule has 0 aliphatic carbocycles. The van der Waals surface area contributed by atoms with Gasteiger partial charge in [0.2, 0.25) is 5.91 Å². The van der Waals surface area contributed by atoms with Crippen LogP contribution in [0.1, 0.15) is 40.5 Å². The SMILES string of the molecule is CCCC(=O)Nc1ccc(C(=O)COC(=O)c2ccc(Cl)c(Cl)c2)cc1. The maximum Gasteiger partial charge on any atom is 0.338 e. The van der Waals surface area contributed by atoms with Gasteiger partial charge >= 0.3 is 5.97 Å². The summed E-state index contributed by atoms with van der Waals surface area (Å²) in [7, 11) is 0. The summed E-state index contributed by atoms with van der Waals surface area (Å²) in [5.41, 5.74) is 1.19. The second kappa shape index (κ2) is 9.36. The molecular formula is C19H17Cl2NO4. The largest absolute Gasteiger partial charge is 0.454 e. The van der Waals surface area contributed by atoms with E-state index in [1.807, 2.05) is 6.92 Å². The van der Waals surface area contributed by atoms with E-state index in [0.29, 0.717) is 22.7 Å². The molecule has 2 rings (SSSR count). The Kier molecular flexibility index (Phi) is 7.18. The van der Waals surface area contributed by atoms with Crippen LogP contribution in [0.3, 0.4) is 0 Å². The van der Waals surface area contributed by atoms with Crippen LogP contribution in [-0.4, -0.2) is 24.3 Å². The molecule has 2 aromatic carbocycles. The highest BCUT2D eigenvalue weighted by Gasteiger charge is 2.13. The molecule has 0 heterocycles. The van der Waals surface area contributed by atoms with Crippen molar-refractivity contribution in [3.05, 3.63) is 63.6 Å². The van der Waals surface area contributed by atoms with Gasteiger partial charge < -0.3 is 10.1 Å². The molecule has 0 unspecified atom stereocenters. The third-order valence-corrected chi connectivity index (χ3v) is 4.20. The van der Waals surface area contributed by atoms with Crippen LogP contribution in [0, 0.1) is 0 Å². The minimum Gasteiger partial charge on any atom is -0.454 e. The molecule has 1 amide bonds. The number of nitrogens with one attached hydrogen (secondary N) is 1. The molecule has 5 nitrogen and oxygen atoms in total. The highest BCUT2D eigenvalue weighted by Crippen LogP contribution is 2.23. The number of halogens is 2. The van der Waals surface area contributed by atoms with Crippen molar-refractivity contribution < 1.29 is 19.1 Å². The molecule has 2 aromatic rings. The Morgan fingerprint density at radius 3 is 2.23 bits per heavy atom. The monoisotopic (exact) mass is 393 g/mol. The predicted molar refractivity (Wildman–Crippen MR) is 101 cm³/mol. The van der Waals surface area contributed by atoms with Crippen molar-refractivity contribution in [2.24, 2.45) is 0 Å². The van der Waals surface area contributed by atoms with Crippen molar-refractivity contribution in [1.29, 1.82) is 0 Å². The molecule has 0 atom stereocenters. The van der Waals surface area contributed by atoms with Crippen molar-refractivity contribution in [1.82, 2.24) is 0 Å². The first-order chi connectivity index (χ1) is 12.4. The second-order valence-corrected chi connectivity index (χ2v) is 6.32. The number of carbonyl (C=O) groups is 3. The number of benzene rings is 2. The van der Waals surface area contributed by atoms with E-state index < -0.39 is 12.6 Å². The fourth-order valence-electron chi connectivity index (χ4n) is 2.11. The van der Waals surface area contributed by atoms with Gasteiger partial charge in [-0.25, -0.2) is 4.79 Å². The van der Waals surface area contributed by atoms with E-state index >= 15 is 0 Å². The van der Waals surface area contributed by atoms with Crippen LogP contribution in [0.5, 0.6) is 0 Å². The molecule has 0 radical (unpaired) electrons. The summed E-state index contributed by atoms with van der Waals surface area (Å²) in [5, 5.41) is 3.29. The number of hydrogen-bond acceptors (Lipinski definition) is 4. The lowest BCUT2D eigenvalue weighted by Gasteiger charge is -2.07. The lowest BCUT2D eigenvalue weighted by molar-refractivity contribution is -0.116. The molecule has 0 aliphatic heterocycles. The molecule has 26 heavy (non-hydrogen) atoms. The Bertz CT molecular complexity index is 819. The summed E-state index contributed by atoms with van der Waals surface area (Å²) in [4.78, 5) is 35.6. The second-order valence-electron chi connectivity index (χ2n) is 5.50. The van der Waals surface area contributed by atoms with Crippen LogP contribution in [0.15, 0.2) is 42.5 Å². The average molecular weight is 394 g/mol. The minimum atomic E-state index is -0.666. The first-order valence-corrected chi connectivity index (χ1v) is 8.71. The molecule has 7 heteroatoms. The van der Waals surface area contributed by atoms with Gasteiger partial charge in [0.1, 0.15) is 0 Å². The van der Waals surface area contributed by atoms with Gasteiger partial charge in [0, 0.05) is 17.7 Å². The van der Waals surface area contributed by atoms with Gasteiger partial charge in [0.05, 0.1) is 15.6 Å². The molecular weight excluding hydrogens is 377 g/mol. The standard InChI is InChI=1S/C19H17Cl2NO4/c1-2-3-18(24)22-14-7-4-12(5-8-14)17(23)11-26-19(25)13-6-9-15(20)16(21)10-13/h4-10H,2-3,11H2,1H3,(H,22,24). The van der Waals surface area contributed by atoms with Crippen LogP contribution in [0.25, 0.3) is 0 Å². The van der Waals surface area contributed by atoms with E-state index in [4.69, 9.17) is 27.9 Å². The highest BCUT2D eigenvalue weighted by atomic mass is 35.5. The number of carbonyl (C=O) groups excluding carboxylic acids is 3. The van der Waals surface area contributed by atoms with Crippen LogP contribution in [0.2, 0.25) is 10.0 Å². The quantitative estimate of drug-likeness (QED) is 0.542. The van der Waals surface area contributed by atoms with Crippen LogP contribution < -0.4 is 5.32 Å². The topological polar surface area (TPSA) is 72.5 Å². The first-order valence-electron chi connectivity index (χ1n) is 7.96. The third kappa shape index (κ3) is 5.58. The number of hydrogen-bond donors (Lipinski definition) is 1. The Balaban J connectivity index is 1.92. The smallest absolute Gasteiger partial charge is 0.338 e. The zero-order valence-corrected chi connectivity index (χ0v) is 15.6. The van der Waals surface area contributed by atoms with Gasteiger partial charge in [-0.2, -0.15) is 0 Å². The highest BCUT2D eigenvalue weighted by molar-refractivity contribution is 6.42. The molecule has 0 spiro atoms. The summed E-state index contributed by atoms with van der Waals surface area (Å²) in [6.07, 6.45) is 1.19. The van der Waals surface area contributed by atoms with E-state index in [-0.39, 0.29) is 22.3 Å². The number of esters is 1. The zero-order chi connectivity index (χ0) is 19.1. The van der Waals surface area contributed by atoms with Crippen molar-refractivity contribution in [2.75, 3.05) is 11.9 Å². The summed E-state index contributed by atoms with van der Waals surface area (Å²) in [5.74, 6) is -1.10. The van der Waals surface area contributed by atoms with E-state index in [2.05, 4.69) is 5.32 Å².